The predicted octanol–water partition coefficient (Wildman–Crippen LogP) is 1.64. The zero-order chi connectivity index (χ0) is 17.6. The Morgan fingerprint density at radius 1 is 1.27 bits per heavy atom. The van der Waals surface area contributed by atoms with E-state index in [9.17, 15) is 9.59 Å². The van der Waals surface area contributed by atoms with Crippen molar-refractivity contribution in [3.05, 3.63) is 36.7 Å². The maximum Gasteiger partial charge on any atom is 0.246 e. The molecule has 1 aliphatic rings. The van der Waals surface area contributed by atoms with E-state index in [1.807, 2.05) is 0 Å². The monoisotopic (exact) mass is 379 g/mol. The van der Waals surface area contributed by atoms with E-state index in [0.717, 1.165) is 25.1 Å². The number of anilines is 2. The fourth-order valence-electron chi connectivity index (χ4n) is 2.67. The molecule has 1 aromatic heterocycles. The maximum atomic E-state index is 12.1. The molecule has 1 aromatic carbocycles. The highest BCUT2D eigenvalue weighted by molar-refractivity contribution is 5.95. The molecule has 8 nitrogen and oxygen atoms in total. The Kier molecular flexibility index (Phi) is 6.99. The van der Waals surface area contributed by atoms with Crippen molar-refractivity contribution in [1.82, 2.24) is 15.1 Å². The number of methoxy groups -OCH3 is 1. The minimum atomic E-state index is -0.205. The van der Waals surface area contributed by atoms with E-state index in [1.165, 1.54) is 10.9 Å². The summed E-state index contributed by atoms with van der Waals surface area (Å²) in [7, 11) is 1.59. The Morgan fingerprint density at radius 2 is 2.04 bits per heavy atom. The quantitative estimate of drug-likeness (QED) is 0.709. The van der Waals surface area contributed by atoms with Gasteiger partial charge in [-0.2, -0.15) is 5.10 Å². The van der Waals surface area contributed by atoms with Gasteiger partial charge in [-0.05, 0) is 43.7 Å². The topological polar surface area (TPSA) is 97.3 Å². The molecule has 1 atom stereocenters. The molecule has 9 heteroatoms. The molecular formula is C17H22ClN5O3. The number of hydrogen-bond acceptors (Lipinski definition) is 5. The van der Waals surface area contributed by atoms with Gasteiger partial charge in [0.15, 0.2) is 0 Å². The van der Waals surface area contributed by atoms with Gasteiger partial charge in [-0.3, -0.25) is 14.3 Å². The Labute approximate surface area is 157 Å². The SMILES string of the molecule is COc1ccc(NC(=O)Cn2cc(NC(=O)C3CCCN3)cn2)cc1.Cl. The molecule has 1 aliphatic heterocycles. The van der Waals surface area contributed by atoms with Crippen molar-refractivity contribution in [3.8, 4) is 5.75 Å². The summed E-state index contributed by atoms with van der Waals surface area (Å²) < 4.78 is 6.56. The molecule has 1 saturated heterocycles. The lowest BCUT2D eigenvalue weighted by molar-refractivity contribution is -0.118. The number of nitrogens with zero attached hydrogens (tertiary/aromatic N) is 2. The van der Waals surface area contributed by atoms with E-state index in [0.29, 0.717) is 11.4 Å². The van der Waals surface area contributed by atoms with Gasteiger partial charge in [-0.1, -0.05) is 0 Å². The van der Waals surface area contributed by atoms with Gasteiger partial charge in [-0.25, -0.2) is 0 Å². The van der Waals surface area contributed by atoms with E-state index in [1.54, 1.807) is 37.6 Å². The second-order valence-corrected chi connectivity index (χ2v) is 5.84. The average Bonchev–Trinajstić information content (AvgIpc) is 3.27. The van der Waals surface area contributed by atoms with Crippen molar-refractivity contribution in [2.75, 3.05) is 24.3 Å². The number of halogens is 1. The Bertz CT molecular complexity index is 741. The minimum Gasteiger partial charge on any atom is -0.497 e. The van der Waals surface area contributed by atoms with Crippen LogP contribution in [-0.2, 0) is 16.1 Å². The first kappa shape index (κ1) is 19.7. The first-order valence-corrected chi connectivity index (χ1v) is 8.14. The van der Waals surface area contributed by atoms with Crippen LogP contribution >= 0.6 is 12.4 Å². The number of carbonyl (C=O) groups excluding carboxylic acids is 2. The molecular weight excluding hydrogens is 358 g/mol. The van der Waals surface area contributed by atoms with Crippen LogP contribution in [0, 0.1) is 0 Å². The number of carbonyl (C=O) groups is 2. The molecule has 3 rings (SSSR count). The summed E-state index contributed by atoms with van der Waals surface area (Å²) in [5.74, 6) is 0.450. The van der Waals surface area contributed by atoms with Crippen molar-refractivity contribution < 1.29 is 14.3 Å². The smallest absolute Gasteiger partial charge is 0.246 e. The normalized spacial score (nSPS) is 15.8. The zero-order valence-corrected chi connectivity index (χ0v) is 15.2. The van der Waals surface area contributed by atoms with E-state index >= 15 is 0 Å². The summed E-state index contributed by atoms with van der Waals surface area (Å²) in [6.07, 6.45) is 5.01. The molecule has 140 valence electrons. The van der Waals surface area contributed by atoms with Crippen molar-refractivity contribution >= 4 is 35.6 Å². The Balaban J connectivity index is 0.00000243. The van der Waals surface area contributed by atoms with Gasteiger partial charge in [-0.15, -0.1) is 12.4 Å². The molecule has 0 spiro atoms. The molecule has 0 bridgehead atoms. The van der Waals surface area contributed by atoms with Gasteiger partial charge in [0.05, 0.1) is 25.0 Å². The first-order valence-electron chi connectivity index (χ1n) is 8.14. The third kappa shape index (κ3) is 5.21. The zero-order valence-electron chi connectivity index (χ0n) is 14.4. The van der Waals surface area contributed by atoms with Crippen LogP contribution < -0.4 is 20.7 Å². The lowest BCUT2D eigenvalue weighted by Gasteiger charge is -2.09. The molecule has 2 amide bonds. The molecule has 0 radical (unpaired) electrons. The van der Waals surface area contributed by atoms with Crippen molar-refractivity contribution in [2.45, 2.75) is 25.4 Å². The van der Waals surface area contributed by atoms with Gasteiger partial charge in [0.25, 0.3) is 0 Å². The number of rotatable bonds is 6. The number of benzene rings is 1. The second-order valence-electron chi connectivity index (χ2n) is 5.84. The molecule has 3 N–H and O–H groups in total. The Morgan fingerprint density at radius 3 is 2.69 bits per heavy atom. The van der Waals surface area contributed by atoms with Crippen molar-refractivity contribution in [2.24, 2.45) is 0 Å². The summed E-state index contributed by atoms with van der Waals surface area (Å²) in [4.78, 5) is 24.1. The van der Waals surface area contributed by atoms with Crippen LogP contribution in [0.2, 0.25) is 0 Å². The average molecular weight is 380 g/mol. The van der Waals surface area contributed by atoms with E-state index in [-0.39, 0.29) is 36.8 Å². The molecule has 1 unspecified atom stereocenters. The number of hydrogen-bond donors (Lipinski definition) is 3. The summed E-state index contributed by atoms with van der Waals surface area (Å²) in [6, 6.07) is 6.92. The van der Waals surface area contributed by atoms with Gasteiger partial charge >= 0.3 is 0 Å². The minimum absolute atomic E-state index is 0. The van der Waals surface area contributed by atoms with Crippen LogP contribution in [-0.4, -0.2) is 41.3 Å². The maximum absolute atomic E-state index is 12.1. The predicted molar refractivity (Wildman–Crippen MR) is 101 cm³/mol. The summed E-state index contributed by atoms with van der Waals surface area (Å²) in [5.41, 5.74) is 1.26. The van der Waals surface area contributed by atoms with Gasteiger partial charge in [0.2, 0.25) is 11.8 Å². The fraction of sp³-hybridized carbons (Fsp3) is 0.353. The third-order valence-corrected chi connectivity index (χ3v) is 3.96. The lowest BCUT2D eigenvalue weighted by atomic mass is 10.2. The molecule has 26 heavy (non-hydrogen) atoms. The molecule has 0 aliphatic carbocycles. The summed E-state index contributed by atoms with van der Waals surface area (Å²) in [6.45, 7) is 0.923. The first-order chi connectivity index (χ1) is 12.1. The summed E-state index contributed by atoms with van der Waals surface area (Å²) >= 11 is 0. The number of aromatic nitrogens is 2. The van der Waals surface area contributed by atoms with E-state index in [2.05, 4.69) is 21.0 Å². The van der Waals surface area contributed by atoms with Crippen LogP contribution in [0.3, 0.4) is 0 Å². The number of nitrogens with one attached hydrogen (secondary N) is 3. The standard InChI is InChI=1S/C17H21N5O3.ClH/c1-25-14-6-4-12(5-7-14)20-16(23)11-22-10-13(9-19-22)21-17(24)15-3-2-8-18-15;/h4-7,9-10,15,18H,2-3,8,11H2,1H3,(H,20,23)(H,21,24);1H. The molecule has 2 aromatic rings. The lowest BCUT2D eigenvalue weighted by Crippen LogP contribution is -2.35. The van der Waals surface area contributed by atoms with Crippen LogP contribution in [0.5, 0.6) is 5.75 Å². The molecule has 2 heterocycles. The highest BCUT2D eigenvalue weighted by atomic mass is 35.5. The summed E-state index contributed by atoms with van der Waals surface area (Å²) in [5, 5.41) is 12.8. The largest absolute Gasteiger partial charge is 0.497 e. The highest BCUT2D eigenvalue weighted by Gasteiger charge is 2.22. The van der Waals surface area contributed by atoms with Crippen molar-refractivity contribution in [1.29, 1.82) is 0 Å². The van der Waals surface area contributed by atoms with Crippen LogP contribution in [0.15, 0.2) is 36.7 Å². The molecule has 0 saturated carbocycles. The van der Waals surface area contributed by atoms with E-state index in [4.69, 9.17) is 4.74 Å². The molecule has 1 fully saturated rings. The number of amides is 2. The third-order valence-electron chi connectivity index (χ3n) is 3.96. The Hall–Kier alpha value is -2.58. The van der Waals surface area contributed by atoms with E-state index < -0.39 is 0 Å². The highest BCUT2D eigenvalue weighted by Crippen LogP contribution is 2.15. The van der Waals surface area contributed by atoms with Gasteiger partial charge in [0, 0.05) is 11.9 Å². The van der Waals surface area contributed by atoms with Crippen LogP contribution in [0.4, 0.5) is 11.4 Å². The van der Waals surface area contributed by atoms with Crippen LogP contribution in [0.25, 0.3) is 0 Å². The van der Waals surface area contributed by atoms with Gasteiger partial charge in [0.1, 0.15) is 12.3 Å². The van der Waals surface area contributed by atoms with Crippen LogP contribution in [0.1, 0.15) is 12.8 Å². The number of ether oxygens (including phenoxy) is 1. The van der Waals surface area contributed by atoms with Gasteiger partial charge < -0.3 is 20.7 Å². The van der Waals surface area contributed by atoms with Crippen molar-refractivity contribution in [3.63, 3.8) is 0 Å². The second kappa shape index (κ2) is 9.21. The fourth-order valence-corrected chi connectivity index (χ4v) is 2.67.